The van der Waals surface area contributed by atoms with Crippen LogP contribution in [0.4, 0.5) is 0 Å². The largest absolute Gasteiger partial charge is 0.339 e. The minimum atomic E-state index is 0.161. The number of aromatic nitrogens is 1. The summed E-state index contributed by atoms with van der Waals surface area (Å²) in [6.07, 6.45) is 1.32. The van der Waals surface area contributed by atoms with Gasteiger partial charge in [-0.25, -0.2) is 4.98 Å². The van der Waals surface area contributed by atoms with E-state index in [0.29, 0.717) is 13.0 Å². The predicted molar refractivity (Wildman–Crippen MR) is 100 cm³/mol. The lowest BCUT2D eigenvalue weighted by atomic mass is 10.0. The summed E-state index contributed by atoms with van der Waals surface area (Å²) >= 11 is 1.66. The summed E-state index contributed by atoms with van der Waals surface area (Å²) in [5.74, 6) is 0.161. The van der Waals surface area contributed by atoms with Gasteiger partial charge in [-0.1, -0.05) is 35.9 Å². The van der Waals surface area contributed by atoms with Gasteiger partial charge in [-0.3, -0.25) is 4.79 Å². The number of nitrogens with zero attached hydrogens (tertiary/aromatic N) is 2. The topological polar surface area (TPSA) is 33.2 Å². The number of hydrogen-bond donors (Lipinski definition) is 0. The van der Waals surface area contributed by atoms with Gasteiger partial charge in [-0.05, 0) is 43.5 Å². The Morgan fingerprint density at radius 1 is 1.17 bits per heavy atom. The second-order valence-corrected chi connectivity index (χ2v) is 7.37. The molecule has 1 aromatic heterocycles. The second-order valence-electron chi connectivity index (χ2n) is 6.26. The van der Waals surface area contributed by atoms with Crippen LogP contribution in [0.2, 0.25) is 0 Å². The summed E-state index contributed by atoms with van der Waals surface area (Å²) in [4.78, 5) is 18.8. The second kappa shape index (κ2) is 7.14. The van der Waals surface area contributed by atoms with Crippen LogP contribution in [-0.4, -0.2) is 22.8 Å². The van der Waals surface area contributed by atoms with Crippen molar-refractivity contribution in [2.45, 2.75) is 33.2 Å². The number of benzene rings is 2. The number of hydrogen-bond acceptors (Lipinski definition) is 3. The van der Waals surface area contributed by atoms with Crippen LogP contribution < -0.4 is 0 Å². The molecular weight excluding hydrogens is 316 g/mol. The highest BCUT2D eigenvalue weighted by Crippen LogP contribution is 2.22. The highest BCUT2D eigenvalue weighted by molar-refractivity contribution is 7.18. The molecule has 3 rings (SSSR count). The van der Waals surface area contributed by atoms with Crippen molar-refractivity contribution in [1.29, 1.82) is 0 Å². The molecule has 0 N–H and O–H groups in total. The van der Waals surface area contributed by atoms with Crippen LogP contribution in [-0.2, 0) is 17.8 Å². The first kappa shape index (κ1) is 16.7. The first-order valence-corrected chi connectivity index (χ1v) is 8.99. The predicted octanol–water partition coefficient (Wildman–Crippen LogP) is 4.50. The third-order valence-electron chi connectivity index (χ3n) is 4.24. The maximum Gasteiger partial charge on any atom is 0.223 e. The normalized spacial score (nSPS) is 11.0. The quantitative estimate of drug-likeness (QED) is 0.686. The molecule has 0 aliphatic rings. The van der Waals surface area contributed by atoms with E-state index < -0.39 is 0 Å². The first-order chi connectivity index (χ1) is 11.5. The van der Waals surface area contributed by atoms with Crippen molar-refractivity contribution in [3.8, 4) is 0 Å². The monoisotopic (exact) mass is 338 g/mol. The van der Waals surface area contributed by atoms with Gasteiger partial charge in [0.05, 0.1) is 16.8 Å². The average Bonchev–Trinajstić information content (AvgIpc) is 2.95. The first-order valence-electron chi connectivity index (χ1n) is 8.17. The summed E-state index contributed by atoms with van der Waals surface area (Å²) in [6.45, 7) is 4.77. The van der Waals surface area contributed by atoms with E-state index >= 15 is 0 Å². The third kappa shape index (κ3) is 3.82. The van der Waals surface area contributed by atoms with Gasteiger partial charge in [-0.15, -0.1) is 11.3 Å². The zero-order chi connectivity index (χ0) is 17.1. The zero-order valence-electron chi connectivity index (χ0n) is 14.4. The number of carbonyl (C=O) groups excluding carboxylic acids is 1. The summed E-state index contributed by atoms with van der Waals surface area (Å²) in [5.41, 5.74) is 4.78. The maximum absolute atomic E-state index is 12.4. The molecule has 0 spiro atoms. The van der Waals surface area contributed by atoms with Crippen molar-refractivity contribution in [3.63, 3.8) is 0 Å². The highest BCUT2D eigenvalue weighted by Gasteiger charge is 2.13. The molecule has 0 radical (unpaired) electrons. The number of aryl methyl sites for hydroxylation is 3. The molecule has 1 amide bonds. The van der Waals surface area contributed by atoms with Crippen LogP contribution in [0.5, 0.6) is 0 Å². The van der Waals surface area contributed by atoms with E-state index in [1.807, 2.05) is 25.2 Å². The van der Waals surface area contributed by atoms with E-state index in [1.165, 1.54) is 21.4 Å². The Kier molecular flexibility index (Phi) is 4.95. The molecule has 3 aromatic rings. The van der Waals surface area contributed by atoms with Crippen molar-refractivity contribution in [2.24, 2.45) is 0 Å². The Balaban J connectivity index is 1.60. The molecule has 0 saturated heterocycles. The lowest BCUT2D eigenvalue weighted by Gasteiger charge is -2.16. The summed E-state index contributed by atoms with van der Waals surface area (Å²) in [6, 6.07) is 14.5. The minimum Gasteiger partial charge on any atom is -0.339 e. The van der Waals surface area contributed by atoms with Gasteiger partial charge >= 0.3 is 0 Å². The number of amides is 1. The average molecular weight is 338 g/mol. The smallest absolute Gasteiger partial charge is 0.223 e. The van der Waals surface area contributed by atoms with Crippen molar-refractivity contribution in [1.82, 2.24) is 9.88 Å². The van der Waals surface area contributed by atoms with Gasteiger partial charge < -0.3 is 4.90 Å². The van der Waals surface area contributed by atoms with Crippen molar-refractivity contribution < 1.29 is 4.79 Å². The van der Waals surface area contributed by atoms with Crippen LogP contribution in [0.1, 0.15) is 28.1 Å². The van der Waals surface area contributed by atoms with Gasteiger partial charge in [0.2, 0.25) is 5.91 Å². The lowest BCUT2D eigenvalue weighted by Crippen LogP contribution is -2.26. The standard InChI is InChI=1S/C20H22N2OS/c1-14-8-9-16(15(2)12-14)10-11-20(23)22(3)13-19-21-17-6-4-5-7-18(17)24-19/h4-9,12H,10-11,13H2,1-3H3. The lowest BCUT2D eigenvalue weighted by molar-refractivity contribution is -0.130. The third-order valence-corrected chi connectivity index (χ3v) is 5.26. The molecule has 2 aromatic carbocycles. The molecule has 0 unspecified atom stereocenters. The van der Waals surface area contributed by atoms with E-state index in [-0.39, 0.29) is 5.91 Å². The Labute approximate surface area is 147 Å². The molecular formula is C20H22N2OS. The van der Waals surface area contributed by atoms with E-state index in [9.17, 15) is 4.79 Å². The molecule has 3 nitrogen and oxygen atoms in total. The molecule has 0 bridgehead atoms. The van der Waals surface area contributed by atoms with Crippen molar-refractivity contribution in [3.05, 3.63) is 64.2 Å². The van der Waals surface area contributed by atoms with Gasteiger partial charge in [0.25, 0.3) is 0 Å². The van der Waals surface area contributed by atoms with Crippen LogP contribution in [0, 0.1) is 13.8 Å². The fourth-order valence-corrected chi connectivity index (χ4v) is 3.86. The number of fused-ring (bicyclic) bond motifs is 1. The highest BCUT2D eigenvalue weighted by atomic mass is 32.1. The van der Waals surface area contributed by atoms with Crippen molar-refractivity contribution >= 4 is 27.5 Å². The summed E-state index contributed by atoms with van der Waals surface area (Å²) in [5, 5.41) is 0.985. The maximum atomic E-state index is 12.4. The number of para-hydroxylation sites is 1. The Bertz CT molecular complexity index is 836. The summed E-state index contributed by atoms with van der Waals surface area (Å²) < 4.78 is 1.17. The van der Waals surface area contributed by atoms with E-state index in [2.05, 4.69) is 43.1 Å². The van der Waals surface area contributed by atoms with E-state index in [4.69, 9.17) is 0 Å². The van der Waals surface area contributed by atoms with Gasteiger partial charge in [0.1, 0.15) is 5.01 Å². The molecule has 0 aliphatic heterocycles. The fourth-order valence-electron chi connectivity index (χ4n) is 2.84. The molecule has 24 heavy (non-hydrogen) atoms. The van der Waals surface area contributed by atoms with Crippen LogP contribution >= 0.6 is 11.3 Å². The van der Waals surface area contributed by atoms with Crippen LogP contribution in [0.25, 0.3) is 10.2 Å². The number of rotatable bonds is 5. The van der Waals surface area contributed by atoms with Crippen molar-refractivity contribution in [2.75, 3.05) is 7.05 Å². The van der Waals surface area contributed by atoms with Crippen LogP contribution in [0.3, 0.4) is 0 Å². The molecule has 1 heterocycles. The SMILES string of the molecule is Cc1ccc(CCC(=O)N(C)Cc2nc3ccccc3s2)c(C)c1. The van der Waals surface area contributed by atoms with E-state index in [1.54, 1.807) is 16.2 Å². The molecule has 0 saturated carbocycles. The van der Waals surface area contributed by atoms with Gasteiger partial charge in [0.15, 0.2) is 0 Å². The Hall–Kier alpha value is -2.20. The number of carbonyl (C=O) groups is 1. The van der Waals surface area contributed by atoms with Gasteiger partial charge in [0, 0.05) is 13.5 Å². The van der Waals surface area contributed by atoms with E-state index in [0.717, 1.165) is 16.9 Å². The minimum absolute atomic E-state index is 0.161. The molecule has 4 heteroatoms. The Morgan fingerprint density at radius 3 is 2.71 bits per heavy atom. The number of thiazole rings is 1. The molecule has 124 valence electrons. The fraction of sp³-hybridized carbons (Fsp3) is 0.300. The molecule has 0 atom stereocenters. The van der Waals surface area contributed by atoms with Crippen LogP contribution in [0.15, 0.2) is 42.5 Å². The molecule has 0 aliphatic carbocycles. The van der Waals surface area contributed by atoms with Gasteiger partial charge in [-0.2, -0.15) is 0 Å². The zero-order valence-corrected chi connectivity index (χ0v) is 15.2. The molecule has 0 fully saturated rings. The Morgan fingerprint density at radius 2 is 1.96 bits per heavy atom. The summed E-state index contributed by atoms with van der Waals surface area (Å²) in [7, 11) is 1.86.